The van der Waals surface area contributed by atoms with E-state index >= 15 is 0 Å². The van der Waals surface area contributed by atoms with Crippen molar-refractivity contribution in [3.05, 3.63) is 28.8 Å². The Kier molecular flexibility index (Phi) is 4.87. The number of hydrogen-bond acceptors (Lipinski definition) is 4. The van der Waals surface area contributed by atoms with Crippen LogP contribution in [0.2, 0.25) is 5.02 Å². The lowest BCUT2D eigenvalue weighted by atomic mass is 10.2. The van der Waals surface area contributed by atoms with Crippen molar-refractivity contribution in [1.29, 1.82) is 0 Å². The largest absolute Gasteiger partial charge is 0.480 e. The number of halogens is 1. The summed E-state index contributed by atoms with van der Waals surface area (Å²) in [7, 11) is -3.90. The third kappa shape index (κ3) is 2.92. The number of nitrogens with zero attached hydrogens (tertiary/aromatic N) is 1. The summed E-state index contributed by atoms with van der Waals surface area (Å²) >= 11 is 7.34. The molecule has 0 saturated carbocycles. The van der Waals surface area contributed by atoms with Crippen LogP contribution in [0.5, 0.6) is 0 Å². The average molecular weight is 350 g/mol. The second-order valence-corrected chi connectivity index (χ2v) is 8.18. The number of aliphatic carboxylic acids is 1. The van der Waals surface area contributed by atoms with Crippen molar-refractivity contribution in [2.75, 3.05) is 5.75 Å². The molecular weight excluding hydrogens is 334 g/mol. The quantitative estimate of drug-likeness (QED) is 0.904. The molecule has 2 atom stereocenters. The van der Waals surface area contributed by atoms with Crippen molar-refractivity contribution in [3.63, 3.8) is 0 Å². The monoisotopic (exact) mass is 349 g/mol. The van der Waals surface area contributed by atoms with E-state index < -0.39 is 22.0 Å². The summed E-state index contributed by atoms with van der Waals surface area (Å²) in [5, 5.41) is 9.27. The van der Waals surface area contributed by atoms with Gasteiger partial charge in [0.2, 0.25) is 10.0 Å². The Morgan fingerprint density at radius 3 is 2.76 bits per heavy atom. The van der Waals surface area contributed by atoms with E-state index in [1.807, 2.05) is 6.92 Å². The summed E-state index contributed by atoms with van der Waals surface area (Å²) < 4.78 is 26.9. The van der Waals surface area contributed by atoms with Crippen LogP contribution in [0.15, 0.2) is 23.1 Å². The maximum atomic E-state index is 12.9. The standard InChI is InChI=1S/C13H16ClNO4S2/c1-3-12-15(10(7-20-12)13(16)17)21(18,19)11-6-4-5-9(14)8(11)2/h4-6,10,12H,3,7H2,1-2H3,(H,16,17). The van der Waals surface area contributed by atoms with Gasteiger partial charge in [-0.3, -0.25) is 4.79 Å². The summed E-state index contributed by atoms with van der Waals surface area (Å²) in [6.07, 6.45) is 0.549. The van der Waals surface area contributed by atoms with Gasteiger partial charge in [-0.05, 0) is 31.0 Å². The molecule has 1 N–H and O–H groups in total. The zero-order valence-electron chi connectivity index (χ0n) is 11.6. The van der Waals surface area contributed by atoms with Crippen molar-refractivity contribution in [2.45, 2.75) is 36.6 Å². The van der Waals surface area contributed by atoms with Crippen LogP contribution in [0.3, 0.4) is 0 Å². The highest BCUT2D eigenvalue weighted by Crippen LogP contribution is 2.37. The minimum Gasteiger partial charge on any atom is -0.480 e. The van der Waals surface area contributed by atoms with Crippen molar-refractivity contribution < 1.29 is 18.3 Å². The van der Waals surface area contributed by atoms with Gasteiger partial charge in [0.25, 0.3) is 0 Å². The third-order valence-corrected chi connectivity index (χ3v) is 7.50. The van der Waals surface area contributed by atoms with E-state index in [-0.39, 0.29) is 16.0 Å². The van der Waals surface area contributed by atoms with E-state index in [0.29, 0.717) is 17.0 Å². The van der Waals surface area contributed by atoms with Crippen LogP contribution >= 0.6 is 23.4 Å². The van der Waals surface area contributed by atoms with Gasteiger partial charge >= 0.3 is 5.97 Å². The third-order valence-electron chi connectivity index (χ3n) is 3.45. The molecule has 5 nitrogen and oxygen atoms in total. The average Bonchev–Trinajstić information content (AvgIpc) is 2.86. The van der Waals surface area contributed by atoms with Gasteiger partial charge < -0.3 is 5.11 Å². The van der Waals surface area contributed by atoms with E-state index in [4.69, 9.17) is 11.6 Å². The zero-order valence-corrected chi connectivity index (χ0v) is 14.0. The minimum atomic E-state index is -3.90. The number of benzene rings is 1. The van der Waals surface area contributed by atoms with E-state index in [1.54, 1.807) is 19.1 Å². The summed E-state index contributed by atoms with van der Waals surface area (Å²) in [5.74, 6) is -0.867. The molecule has 2 unspecified atom stereocenters. The molecule has 1 fully saturated rings. The van der Waals surface area contributed by atoms with E-state index in [2.05, 4.69) is 0 Å². The molecular formula is C13H16ClNO4S2. The lowest BCUT2D eigenvalue weighted by Crippen LogP contribution is -2.45. The molecule has 1 aliphatic rings. The summed E-state index contributed by atoms with van der Waals surface area (Å²) in [6, 6.07) is 3.59. The molecule has 2 rings (SSSR count). The van der Waals surface area contributed by atoms with Crippen LogP contribution in [0.4, 0.5) is 0 Å². The van der Waals surface area contributed by atoms with E-state index in [1.165, 1.54) is 17.8 Å². The van der Waals surface area contributed by atoms with Gasteiger partial charge in [-0.25, -0.2) is 8.42 Å². The molecule has 116 valence electrons. The number of carbonyl (C=O) groups is 1. The maximum Gasteiger partial charge on any atom is 0.322 e. The summed E-state index contributed by atoms with van der Waals surface area (Å²) in [6.45, 7) is 3.46. The number of hydrogen-bond donors (Lipinski definition) is 1. The van der Waals surface area contributed by atoms with Gasteiger partial charge in [0.05, 0.1) is 10.3 Å². The second kappa shape index (κ2) is 6.16. The molecule has 0 aromatic heterocycles. The molecule has 1 aromatic carbocycles. The number of thioether (sulfide) groups is 1. The highest BCUT2D eigenvalue weighted by Gasteiger charge is 2.46. The van der Waals surface area contributed by atoms with Crippen LogP contribution in [0.1, 0.15) is 18.9 Å². The Morgan fingerprint density at radius 2 is 2.19 bits per heavy atom. The summed E-state index contributed by atoms with van der Waals surface area (Å²) in [4.78, 5) is 11.4. The maximum absolute atomic E-state index is 12.9. The minimum absolute atomic E-state index is 0.0715. The van der Waals surface area contributed by atoms with Crippen LogP contribution < -0.4 is 0 Å². The van der Waals surface area contributed by atoms with E-state index in [0.717, 1.165) is 4.31 Å². The Morgan fingerprint density at radius 1 is 1.52 bits per heavy atom. The normalized spacial score (nSPS) is 23.4. The Bertz CT molecular complexity index is 662. The lowest BCUT2D eigenvalue weighted by Gasteiger charge is -2.26. The summed E-state index contributed by atoms with van der Waals surface area (Å²) in [5.41, 5.74) is 0.440. The highest BCUT2D eigenvalue weighted by molar-refractivity contribution is 8.01. The first-order valence-corrected chi connectivity index (χ1v) is 9.30. The van der Waals surface area contributed by atoms with Crippen molar-refractivity contribution in [1.82, 2.24) is 4.31 Å². The van der Waals surface area contributed by atoms with Crippen molar-refractivity contribution >= 4 is 39.4 Å². The van der Waals surface area contributed by atoms with Gasteiger partial charge in [-0.15, -0.1) is 11.8 Å². The molecule has 21 heavy (non-hydrogen) atoms. The van der Waals surface area contributed by atoms with Gasteiger partial charge in [0.1, 0.15) is 6.04 Å². The second-order valence-electron chi connectivity index (χ2n) is 4.75. The zero-order chi connectivity index (χ0) is 15.8. The Hall–Kier alpha value is -0.760. The molecule has 0 amide bonds. The van der Waals surface area contributed by atoms with Crippen LogP contribution in [0.25, 0.3) is 0 Å². The van der Waals surface area contributed by atoms with E-state index in [9.17, 15) is 18.3 Å². The first-order chi connectivity index (χ1) is 9.80. The topological polar surface area (TPSA) is 74.7 Å². The predicted molar refractivity (Wildman–Crippen MR) is 83.2 cm³/mol. The molecule has 0 bridgehead atoms. The fourth-order valence-corrected chi connectivity index (χ4v) is 6.35. The lowest BCUT2D eigenvalue weighted by molar-refractivity contribution is -0.140. The SMILES string of the molecule is CCC1SCC(C(=O)O)N1S(=O)(=O)c1cccc(Cl)c1C. The van der Waals surface area contributed by atoms with Crippen molar-refractivity contribution in [2.24, 2.45) is 0 Å². The first-order valence-electron chi connectivity index (χ1n) is 6.43. The van der Waals surface area contributed by atoms with Crippen LogP contribution in [0, 0.1) is 6.92 Å². The number of rotatable bonds is 4. The smallest absolute Gasteiger partial charge is 0.322 e. The number of sulfonamides is 1. The van der Waals surface area contributed by atoms with Crippen molar-refractivity contribution in [3.8, 4) is 0 Å². The predicted octanol–water partition coefficient (Wildman–Crippen LogP) is 2.58. The van der Waals surface area contributed by atoms with Gasteiger partial charge in [0, 0.05) is 10.8 Å². The molecule has 0 aliphatic carbocycles. The van der Waals surface area contributed by atoms with Crippen LogP contribution in [-0.4, -0.2) is 41.0 Å². The van der Waals surface area contributed by atoms with Gasteiger partial charge in [-0.1, -0.05) is 24.6 Å². The molecule has 1 aliphatic heterocycles. The molecule has 0 spiro atoms. The Labute approximate surface area is 133 Å². The molecule has 1 heterocycles. The fraction of sp³-hybridized carbons (Fsp3) is 0.462. The molecule has 1 aromatic rings. The highest BCUT2D eigenvalue weighted by atomic mass is 35.5. The van der Waals surface area contributed by atoms with Gasteiger partial charge in [-0.2, -0.15) is 4.31 Å². The number of carboxylic acids is 1. The molecule has 0 radical (unpaired) electrons. The first kappa shape index (κ1) is 16.6. The Balaban J connectivity index is 2.55. The fourth-order valence-electron chi connectivity index (χ4n) is 2.33. The van der Waals surface area contributed by atoms with Crippen LogP contribution in [-0.2, 0) is 14.8 Å². The molecule has 8 heteroatoms. The molecule has 1 saturated heterocycles. The van der Waals surface area contributed by atoms with Gasteiger partial charge in [0.15, 0.2) is 0 Å². The number of carboxylic acid groups (broad SMARTS) is 1.